The maximum absolute atomic E-state index is 12.7. The normalized spacial score (nSPS) is 11.8. The number of H-pyrrole nitrogens is 1. The second-order valence-electron chi connectivity index (χ2n) is 5.34. The van der Waals surface area contributed by atoms with Crippen LogP contribution in [-0.4, -0.2) is 30.4 Å². The largest absolute Gasteiger partial charge is 0.377 e. The lowest BCUT2D eigenvalue weighted by Gasteiger charge is -2.12. The number of nitrogens with zero attached hydrogens (tertiary/aromatic N) is 2. The third-order valence-electron chi connectivity index (χ3n) is 3.62. The molecule has 0 saturated carbocycles. The maximum Gasteiger partial charge on any atom is 0.261 e. The highest BCUT2D eigenvalue weighted by atomic mass is 32.2. The van der Waals surface area contributed by atoms with Crippen molar-refractivity contribution in [2.45, 2.75) is 25.3 Å². The lowest BCUT2D eigenvalue weighted by atomic mass is 10.2. The van der Waals surface area contributed by atoms with E-state index >= 15 is 0 Å². The number of hydrogen-bond donors (Lipinski definition) is 2. The predicted octanol–water partition coefficient (Wildman–Crippen LogP) is 2.60. The van der Waals surface area contributed by atoms with Gasteiger partial charge in [-0.2, -0.15) is 15.4 Å². The molecule has 2 aromatic carbocycles. The molecule has 0 radical (unpaired) electrons. The standard InChI is InChI=1S/C16H18N4O3S/c1-3-23-10-12-5-4-6-13(9-12)24(21,22)19-15-11(2)7-8-14-16(15)18-20-17-14/h4-9,19H,3,10H2,1-2H3,(H,17,18,20). The molecule has 2 N–H and O–H groups in total. The molecule has 0 saturated heterocycles. The lowest BCUT2D eigenvalue weighted by Crippen LogP contribution is -2.14. The molecule has 0 bridgehead atoms. The summed E-state index contributed by atoms with van der Waals surface area (Å²) in [6, 6.07) is 10.3. The summed E-state index contributed by atoms with van der Waals surface area (Å²) in [5.41, 5.74) is 3.09. The third-order valence-corrected chi connectivity index (χ3v) is 4.96. The van der Waals surface area contributed by atoms with Gasteiger partial charge in [0, 0.05) is 6.61 Å². The Morgan fingerprint density at radius 2 is 2.04 bits per heavy atom. The number of nitrogens with one attached hydrogen (secondary N) is 2. The van der Waals surface area contributed by atoms with Gasteiger partial charge in [0.05, 0.1) is 17.2 Å². The van der Waals surface area contributed by atoms with E-state index in [1.165, 1.54) is 0 Å². The van der Waals surface area contributed by atoms with E-state index in [0.29, 0.717) is 29.9 Å². The molecule has 0 amide bonds. The van der Waals surface area contributed by atoms with Gasteiger partial charge in [0.15, 0.2) is 0 Å². The molecule has 1 aromatic heterocycles. The summed E-state index contributed by atoms with van der Waals surface area (Å²) in [6.07, 6.45) is 0. The van der Waals surface area contributed by atoms with Gasteiger partial charge < -0.3 is 4.74 Å². The fraction of sp³-hybridized carbons (Fsp3) is 0.250. The van der Waals surface area contributed by atoms with Crippen molar-refractivity contribution in [3.05, 3.63) is 47.5 Å². The van der Waals surface area contributed by atoms with Gasteiger partial charge in [0.25, 0.3) is 10.0 Å². The Bertz CT molecular complexity index is 966. The van der Waals surface area contributed by atoms with Gasteiger partial charge in [0.2, 0.25) is 0 Å². The summed E-state index contributed by atoms with van der Waals surface area (Å²) < 4.78 is 33.4. The van der Waals surface area contributed by atoms with Gasteiger partial charge in [-0.1, -0.05) is 18.2 Å². The van der Waals surface area contributed by atoms with Crippen molar-refractivity contribution in [3.63, 3.8) is 0 Å². The summed E-state index contributed by atoms with van der Waals surface area (Å²) in [6.45, 7) is 4.65. The summed E-state index contributed by atoms with van der Waals surface area (Å²) in [7, 11) is -3.74. The van der Waals surface area contributed by atoms with Crippen LogP contribution in [0.4, 0.5) is 5.69 Å². The summed E-state index contributed by atoms with van der Waals surface area (Å²) in [5, 5.41) is 10.5. The van der Waals surface area contributed by atoms with Crippen LogP contribution in [0.3, 0.4) is 0 Å². The highest BCUT2D eigenvalue weighted by molar-refractivity contribution is 7.92. The minimum Gasteiger partial charge on any atom is -0.377 e. The number of anilines is 1. The van der Waals surface area contributed by atoms with Crippen molar-refractivity contribution in [2.75, 3.05) is 11.3 Å². The molecule has 0 atom stereocenters. The molecule has 0 fully saturated rings. The molecule has 3 rings (SSSR count). The minimum absolute atomic E-state index is 0.180. The van der Waals surface area contributed by atoms with Gasteiger partial charge in [-0.05, 0) is 43.2 Å². The number of ether oxygens (including phenoxy) is 1. The summed E-state index contributed by atoms with van der Waals surface area (Å²) >= 11 is 0. The Morgan fingerprint density at radius 3 is 2.83 bits per heavy atom. The first kappa shape index (κ1) is 16.4. The number of sulfonamides is 1. The smallest absolute Gasteiger partial charge is 0.261 e. The molecule has 0 unspecified atom stereocenters. The number of rotatable bonds is 6. The van der Waals surface area contributed by atoms with Gasteiger partial charge in [-0.25, -0.2) is 8.42 Å². The Hall–Kier alpha value is -2.45. The summed E-state index contributed by atoms with van der Waals surface area (Å²) in [5.74, 6) is 0. The molecule has 0 aliphatic carbocycles. The quantitative estimate of drug-likeness (QED) is 0.715. The third kappa shape index (κ3) is 3.24. The first-order valence-corrected chi connectivity index (χ1v) is 8.99. The van der Waals surface area contributed by atoms with Crippen LogP contribution in [0.2, 0.25) is 0 Å². The predicted molar refractivity (Wildman–Crippen MR) is 91.2 cm³/mol. The highest BCUT2D eigenvalue weighted by Crippen LogP contribution is 2.26. The van der Waals surface area contributed by atoms with E-state index in [1.807, 2.05) is 19.9 Å². The van der Waals surface area contributed by atoms with Crippen LogP contribution in [-0.2, 0) is 21.4 Å². The first-order chi connectivity index (χ1) is 11.5. The molecule has 3 aromatic rings. The van der Waals surface area contributed by atoms with Gasteiger partial charge in [-0.15, -0.1) is 0 Å². The zero-order valence-corrected chi connectivity index (χ0v) is 14.2. The molecule has 0 aliphatic heterocycles. The number of hydrogen-bond acceptors (Lipinski definition) is 5. The molecular formula is C16H18N4O3S. The van der Waals surface area contributed by atoms with Crippen molar-refractivity contribution in [3.8, 4) is 0 Å². The zero-order valence-electron chi connectivity index (χ0n) is 13.4. The molecular weight excluding hydrogens is 328 g/mol. The minimum atomic E-state index is -3.74. The van der Waals surface area contributed by atoms with Crippen molar-refractivity contribution in [1.29, 1.82) is 0 Å². The van der Waals surface area contributed by atoms with E-state index in [4.69, 9.17) is 4.74 Å². The van der Waals surface area contributed by atoms with Crippen molar-refractivity contribution in [1.82, 2.24) is 15.4 Å². The Kier molecular flexibility index (Phi) is 4.50. The van der Waals surface area contributed by atoms with Crippen molar-refractivity contribution < 1.29 is 13.2 Å². The van der Waals surface area contributed by atoms with Crippen molar-refractivity contribution in [2.24, 2.45) is 0 Å². The molecule has 1 heterocycles. The number of aromatic nitrogens is 3. The first-order valence-electron chi connectivity index (χ1n) is 7.51. The van der Waals surface area contributed by atoms with E-state index in [1.54, 1.807) is 30.3 Å². The molecule has 24 heavy (non-hydrogen) atoms. The zero-order chi connectivity index (χ0) is 17.2. The second-order valence-corrected chi connectivity index (χ2v) is 7.02. The Morgan fingerprint density at radius 1 is 1.21 bits per heavy atom. The average Bonchev–Trinajstić information content (AvgIpc) is 3.05. The van der Waals surface area contributed by atoms with E-state index in [2.05, 4.69) is 20.1 Å². The molecule has 8 heteroatoms. The fourth-order valence-corrected chi connectivity index (χ4v) is 3.57. The summed E-state index contributed by atoms with van der Waals surface area (Å²) in [4.78, 5) is 0.180. The lowest BCUT2D eigenvalue weighted by molar-refractivity contribution is 0.134. The molecule has 126 valence electrons. The number of benzene rings is 2. The monoisotopic (exact) mass is 346 g/mol. The Balaban J connectivity index is 1.96. The highest BCUT2D eigenvalue weighted by Gasteiger charge is 2.18. The van der Waals surface area contributed by atoms with E-state index < -0.39 is 10.0 Å². The number of fused-ring (bicyclic) bond motifs is 1. The van der Waals surface area contributed by atoms with Crippen LogP contribution in [0.5, 0.6) is 0 Å². The van der Waals surface area contributed by atoms with Crippen LogP contribution >= 0.6 is 0 Å². The van der Waals surface area contributed by atoms with Crippen LogP contribution in [0.1, 0.15) is 18.1 Å². The van der Waals surface area contributed by atoms with E-state index in [-0.39, 0.29) is 4.90 Å². The molecule has 0 spiro atoms. The van der Waals surface area contributed by atoms with Gasteiger partial charge in [-0.3, -0.25) is 4.72 Å². The number of aryl methyl sites for hydroxylation is 1. The van der Waals surface area contributed by atoms with Crippen LogP contribution in [0.15, 0.2) is 41.3 Å². The number of aromatic amines is 1. The van der Waals surface area contributed by atoms with Gasteiger partial charge in [0.1, 0.15) is 11.0 Å². The topological polar surface area (TPSA) is 97.0 Å². The van der Waals surface area contributed by atoms with Crippen LogP contribution < -0.4 is 4.72 Å². The average molecular weight is 346 g/mol. The Labute approximate surface area is 140 Å². The molecule has 7 nitrogen and oxygen atoms in total. The SMILES string of the molecule is CCOCc1cccc(S(=O)(=O)Nc2c(C)ccc3n[nH]nc23)c1. The fourth-order valence-electron chi connectivity index (χ4n) is 2.36. The van der Waals surface area contributed by atoms with Crippen molar-refractivity contribution >= 4 is 26.7 Å². The van der Waals surface area contributed by atoms with Crippen LogP contribution in [0, 0.1) is 6.92 Å². The van der Waals surface area contributed by atoms with E-state index in [9.17, 15) is 8.42 Å². The van der Waals surface area contributed by atoms with Crippen LogP contribution in [0.25, 0.3) is 11.0 Å². The van der Waals surface area contributed by atoms with E-state index in [0.717, 1.165) is 11.1 Å². The maximum atomic E-state index is 12.7. The van der Waals surface area contributed by atoms with Gasteiger partial charge >= 0.3 is 0 Å². The second kappa shape index (κ2) is 6.58. The molecule has 0 aliphatic rings.